The SMILES string of the molecule is CC(C)(C)CNc1ccc(CN)cc1. The Morgan fingerprint density at radius 2 is 1.71 bits per heavy atom. The lowest BCUT2D eigenvalue weighted by molar-refractivity contribution is 0.443. The lowest BCUT2D eigenvalue weighted by Crippen LogP contribution is -2.18. The average molecular weight is 192 g/mol. The number of anilines is 1. The highest BCUT2D eigenvalue weighted by molar-refractivity contribution is 5.44. The van der Waals surface area contributed by atoms with Crippen LogP contribution in [0.2, 0.25) is 0 Å². The molecule has 3 N–H and O–H groups in total. The van der Waals surface area contributed by atoms with Gasteiger partial charge < -0.3 is 11.1 Å². The fourth-order valence-corrected chi connectivity index (χ4v) is 1.13. The van der Waals surface area contributed by atoms with E-state index in [-0.39, 0.29) is 0 Å². The molecule has 0 aromatic heterocycles. The summed E-state index contributed by atoms with van der Waals surface area (Å²) in [6.07, 6.45) is 0. The maximum absolute atomic E-state index is 5.52. The Labute approximate surface area is 86.5 Å². The topological polar surface area (TPSA) is 38.0 Å². The van der Waals surface area contributed by atoms with Gasteiger partial charge in [0.15, 0.2) is 0 Å². The molecule has 0 spiro atoms. The van der Waals surface area contributed by atoms with Crippen LogP contribution in [0.3, 0.4) is 0 Å². The van der Waals surface area contributed by atoms with Crippen LogP contribution in [0.15, 0.2) is 24.3 Å². The number of benzene rings is 1. The van der Waals surface area contributed by atoms with Crippen molar-refractivity contribution in [2.24, 2.45) is 11.1 Å². The summed E-state index contributed by atoms with van der Waals surface area (Å²) in [6.45, 7) is 8.24. The first-order chi connectivity index (χ1) is 6.51. The molecule has 1 aromatic carbocycles. The van der Waals surface area contributed by atoms with E-state index in [2.05, 4.69) is 50.4 Å². The third kappa shape index (κ3) is 3.79. The Balaban J connectivity index is 2.52. The highest BCUT2D eigenvalue weighted by Gasteiger charge is 2.08. The zero-order valence-electron chi connectivity index (χ0n) is 9.30. The first-order valence-corrected chi connectivity index (χ1v) is 5.04. The van der Waals surface area contributed by atoms with Gasteiger partial charge in [-0.3, -0.25) is 0 Å². The third-order valence-electron chi connectivity index (χ3n) is 2.01. The predicted molar refractivity (Wildman–Crippen MR) is 62.3 cm³/mol. The smallest absolute Gasteiger partial charge is 0.0340 e. The van der Waals surface area contributed by atoms with Gasteiger partial charge in [0, 0.05) is 18.8 Å². The molecule has 0 unspecified atom stereocenters. The van der Waals surface area contributed by atoms with Crippen molar-refractivity contribution in [2.45, 2.75) is 27.3 Å². The molecule has 0 bridgehead atoms. The first-order valence-electron chi connectivity index (χ1n) is 5.04. The number of rotatable bonds is 3. The van der Waals surface area contributed by atoms with Crippen molar-refractivity contribution in [3.8, 4) is 0 Å². The van der Waals surface area contributed by atoms with Crippen molar-refractivity contribution in [1.29, 1.82) is 0 Å². The second kappa shape index (κ2) is 4.47. The highest BCUT2D eigenvalue weighted by Crippen LogP contribution is 2.15. The van der Waals surface area contributed by atoms with E-state index in [1.165, 1.54) is 5.56 Å². The quantitative estimate of drug-likeness (QED) is 0.772. The second-order valence-corrected chi connectivity index (χ2v) is 4.82. The van der Waals surface area contributed by atoms with E-state index >= 15 is 0 Å². The summed E-state index contributed by atoms with van der Waals surface area (Å²) < 4.78 is 0. The van der Waals surface area contributed by atoms with Gasteiger partial charge in [-0.15, -0.1) is 0 Å². The van der Waals surface area contributed by atoms with Crippen LogP contribution in [0, 0.1) is 5.41 Å². The van der Waals surface area contributed by atoms with Crippen LogP contribution in [-0.4, -0.2) is 6.54 Å². The van der Waals surface area contributed by atoms with Crippen molar-refractivity contribution in [2.75, 3.05) is 11.9 Å². The zero-order valence-corrected chi connectivity index (χ0v) is 9.30. The second-order valence-electron chi connectivity index (χ2n) is 4.82. The van der Waals surface area contributed by atoms with Crippen molar-refractivity contribution in [3.05, 3.63) is 29.8 Å². The van der Waals surface area contributed by atoms with Crippen molar-refractivity contribution in [3.63, 3.8) is 0 Å². The van der Waals surface area contributed by atoms with E-state index in [1.54, 1.807) is 0 Å². The Kier molecular flexibility index (Phi) is 3.53. The summed E-state index contributed by atoms with van der Waals surface area (Å²) in [5.74, 6) is 0. The summed E-state index contributed by atoms with van der Waals surface area (Å²) in [5.41, 5.74) is 8.17. The summed E-state index contributed by atoms with van der Waals surface area (Å²) in [4.78, 5) is 0. The molecule has 0 aliphatic rings. The highest BCUT2D eigenvalue weighted by atomic mass is 14.9. The average Bonchev–Trinajstić information content (AvgIpc) is 2.14. The number of nitrogens with two attached hydrogens (primary N) is 1. The van der Waals surface area contributed by atoms with Crippen LogP contribution in [0.5, 0.6) is 0 Å². The minimum atomic E-state index is 0.312. The van der Waals surface area contributed by atoms with Gasteiger partial charge in [-0.05, 0) is 23.1 Å². The fourth-order valence-electron chi connectivity index (χ4n) is 1.13. The van der Waals surface area contributed by atoms with Gasteiger partial charge >= 0.3 is 0 Å². The van der Waals surface area contributed by atoms with Crippen molar-refractivity contribution >= 4 is 5.69 Å². The molecule has 0 aliphatic heterocycles. The van der Waals surface area contributed by atoms with Crippen LogP contribution in [0.25, 0.3) is 0 Å². The molecule has 14 heavy (non-hydrogen) atoms. The third-order valence-corrected chi connectivity index (χ3v) is 2.01. The molecule has 1 aromatic rings. The van der Waals surface area contributed by atoms with Crippen LogP contribution in [-0.2, 0) is 6.54 Å². The van der Waals surface area contributed by atoms with Gasteiger partial charge in [0.2, 0.25) is 0 Å². The Bertz CT molecular complexity index is 269. The van der Waals surface area contributed by atoms with Gasteiger partial charge in [0.25, 0.3) is 0 Å². The molecule has 2 nitrogen and oxygen atoms in total. The van der Waals surface area contributed by atoms with Gasteiger partial charge in [-0.2, -0.15) is 0 Å². The van der Waals surface area contributed by atoms with E-state index < -0.39 is 0 Å². The number of nitrogens with one attached hydrogen (secondary N) is 1. The van der Waals surface area contributed by atoms with E-state index in [9.17, 15) is 0 Å². The first kappa shape index (κ1) is 11.1. The zero-order chi connectivity index (χ0) is 10.6. The van der Waals surface area contributed by atoms with Crippen LogP contribution in [0.1, 0.15) is 26.3 Å². The number of hydrogen-bond donors (Lipinski definition) is 2. The molecule has 1 rings (SSSR count). The molecule has 0 aliphatic carbocycles. The van der Waals surface area contributed by atoms with E-state index in [0.29, 0.717) is 12.0 Å². The molecule has 0 heterocycles. The van der Waals surface area contributed by atoms with Gasteiger partial charge in [0.1, 0.15) is 0 Å². The largest absolute Gasteiger partial charge is 0.385 e. The fraction of sp³-hybridized carbons (Fsp3) is 0.500. The van der Waals surface area contributed by atoms with Crippen LogP contribution < -0.4 is 11.1 Å². The van der Waals surface area contributed by atoms with Gasteiger partial charge in [-0.25, -0.2) is 0 Å². The summed E-state index contributed by atoms with van der Waals surface area (Å²) >= 11 is 0. The van der Waals surface area contributed by atoms with Crippen molar-refractivity contribution in [1.82, 2.24) is 0 Å². The molecule has 0 fully saturated rings. The molecule has 0 radical (unpaired) electrons. The molecule has 0 saturated heterocycles. The van der Waals surface area contributed by atoms with E-state index in [1.807, 2.05) is 0 Å². The Morgan fingerprint density at radius 1 is 1.14 bits per heavy atom. The molecule has 0 amide bonds. The molecule has 2 heteroatoms. The molecular weight excluding hydrogens is 172 g/mol. The summed E-state index contributed by atoms with van der Waals surface area (Å²) in [7, 11) is 0. The monoisotopic (exact) mass is 192 g/mol. The van der Waals surface area contributed by atoms with E-state index in [4.69, 9.17) is 5.73 Å². The summed E-state index contributed by atoms with van der Waals surface area (Å²) in [6, 6.07) is 8.28. The standard InChI is InChI=1S/C12H20N2/c1-12(2,3)9-14-11-6-4-10(8-13)5-7-11/h4-7,14H,8-9,13H2,1-3H3. The predicted octanol–water partition coefficient (Wildman–Crippen LogP) is 2.60. The molecule has 0 atom stereocenters. The number of hydrogen-bond acceptors (Lipinski definition) is 2. The lowest BCUT2D eigenvalue weighted by Gasteiger charge is -2.19. The minimum Gasteiger partial charge on any atom is -0.385 e. The normalized spacial score (nSPS) is 11.4. The molecule has 78 valence electrons. The van der Waals surface area contributed by atoms with Crippen LogP contribution in [0.4, 0.5) is 5.69 Å². The Morgan fingerprint density at radius 3 is 2.14 bits per heavy atom. The lowest BCUT2D eigenvalue weighted by atomic mass is 9.97. The van der Waals surface area contributed by atoms with Crippen molar-refractivity contribution < 1.29 is 0 Å². The maximum atomic E-state index is 5.52. The summed E-state index contributed by atoms with van der Waals surface area (Å²) in [5, 5.41) is 3.40. The van der Waals surface area contributed by atoms with Gasteiger partial charge in [-0.1, -0.05) is 32.9 Å². The Hall–Kier alpha value is -1.02. The minimum absolute atomic E-state index is 0.312. The van der Waals surface area contributed by atoms with Crippen LogP contribution >= 0.6 is 0 Å². The van der Waals surface area contributed by atoms with E-state index in [0.717, 1.165) is 12.2 Å². The van der Waals surface area contributed by atoms with Gasteiger partial charge in [0.05, 0.1) is 0 Å². The molecular formula is C12H20N2. The maximum Gasteiger partial charge on any atom is 0.0340 e. The molecule has 0 saturated carbocycles.